The molecule has 0 spiro atoms. The van der Waals surface area contributed by atoms with Crippen LogP contribution in [0.25, 0.3) is 0 Å². The van der Waals surface area contributed by atoms with Crippen LogP contribution in [0, 0.1) is 0 Å². The van der Waals surface area contributed by atoms with Crippen molar-refractivity contribution in [2.24, 2.45) is 0 Å². The fourth-order valence-electron chi connectivity index (χ4n) is 3.13. The molecule has 1 amide bonds. The van der Waals surface area contributed by atoms with E-state index in [9.17, 15) is 4.79 Å². The molecule has 1 aromatic rings. The maximum absolute atomic E-state index is 12.2. The summed E-state index contributed by atoms with van der Waals surface area (Å²) in [7, 11) is 0. The first-order valence-electron chi connectivity index (χ1n) is 8.71. The van der Waals surface area contributed by atoms with Crippen molar-refractivity contribution < 1.29 is 4.79 Å². The number of amides is 1. The summed E-state index contributed by atoms with van der Waals surface area (Å²) < 4.78 is 0. The molecular formula is C18H26N4O. The van der Waals surface area contributed by atoms with Gasteiger partial charge < -0.3 is 15.5 Å². The molecule has 2 aliphatic rings. The SMILES string of the molecule is O=C(NCC1=CCNCC1)c1ccc(N2CCCCCC2)nc1. The van der Waals surface area contributed by atoms with Gasteiger partial charge in [0.25, 0.3) is 5.91 Å². The molecule has 0 radical (unpaired) electrons. The number of nitrogens with one attached hydrogen (secondary N) is 2. The van der Waals surface area contributed by atoms with Crippen molar-refractivity contribution in [3.8, 4) is 0 Å². The highest BCUT2D eigenvalue weighted by atomic mass is 16.1. The van der Waals surface area contributed by atoms with Gasteiger partial charge in [0.2, 0.25) is 0 Å². The molecule has 1 fully saturated rings. The van der Waals surface area contributed by atoms with Gasteiger partial charge in [-0.2, -0.15) is 0 Å². The number of pyridine rings is 1. The number of carbonyl (C=O) groups is 1. The first-order valence-corrected chi connectivity index (χ1v) is 8.71. The van der Waals surface area contributed by atoms with Crippen molar-refractivity contribution >= 4 is 11.7 Å². The predicted molar refractivity (Wildman–Crippen MR) is 92.8 cm³/mol. The van der Waals surface area contributed by atoms with Crippen molar-refractivity contribution in [1.29, 1.82) is 0 Å². The van der Waals surface area contributed by atoms with Crippen molar-refractivity contribution in [1.82, 2.24) is 15.6 Å². The van der Waals surface area contributed by atoms with Gasteiger partial charge in [-0.25, -0.2) is 4.98 Å². The third-order valence-electron chi connectivity index (χ3n) is 4.57. The zero-order chi connectivity index (χ0) is 15.9. The molecule has 5 nitrogen and oxygen atoms in total. The van der Waals surface area contributed by atoms with Crippen LogP contribution < -0.4 is 15.5 Å². The average Bonchev–Trinajstić information content (AvgIpc) is 2.90. The third-order valence-corrected chi connectivity index (χ3v) is 4.57. The summed E-state index contributed by atoms with van der Waals surface area (Å²) in [6.07, 6.45) is 9.94. The monoisotopic (exact) mass is 314 g/mol. The van der Waals surface area contributed by atoms with E-state index >= 15 is 0 Å². The molecule has 0 bridgehead atoms. The fourth-order valence-corrected chi connectivity index (χ4v) is 3.13. The normalized spacial score (nSPS) is 19.0. The van der Waals surface area contributed by atoms with Crippen molar-refractivity contribution in [2.75, 3.05) is 37.6 Å². The Kier molecular flexibility index (Phi) is 5.64. The molecule has 1 saturated heterocycles. The second-order valence-electron chi connectivity index (χ2n) is 6.31. The van der Waals surface area contributed by atoms with Crippen LogP contribution in [0.15, 0.2) is 30.0 Å². The number of aromatic nitrogens is 1. The second kappa shape index (κ2) is 8.11. The summed E-state index contributed by atoms with van der Waals surface area (Å²) in [6, 6.07) is 3.86. The quantitative estimate of drug-likeness (QED) is 0.836. The predicted octanol–water partition coefficient (Wildman–Crippen LogP) is 2.11. The lowest BCUT2D eigenvalue weighted by Crippen LogP contribution is -2.30. The molecule has 0 atom stereocenters. The van der Waals surface area contributed by atoms with Gasteiger partial charge >= 0.3 is 0 Å². The maximum atomic E-state index is 12.2. The second-order valence-corrected chi connectivity index (χ2v) is 6.31. The van der Waals surface area contributed by atoms with E-state index in [4.69, 9.17) is 0 Å². The molecular weight excluding hydrogens is 288 g/mol. The van der Waals surface area contributed by atoms with Crippen LogP contribution in [0.3, 0.4) is 0 Å². The first kappa shape index (κ1) is 16.0. The molecule has 2 N–H and O–H groups in total. The van der Waals surface area contributed by atoms with E-state index in [0.29, 0.717) is 12.1 Å². The van der Waals surface area contributed by atoms with E-state index in [-0.39, 0.29) is 5.91 Å². The Balaban J connectivity index is 1.55. The van der Waals surface area contributed by atoms with Gasteiger partial charge in [-0.3, -0.25) is 4.79 Å². The number of rotatable bonds is 4. The molecule has 0 saturated carbocycles. The Labute approximate surface area is 138 Å². The molecule has 5 heteroatoms. The highest BCUT2D eigenvalue weighted by Crippen LogP contribution is 2.17. The molecule has 0 unspecified atom stereocenters. The highest BCUT2D eigenvalue weighted by molar-refractivity contribution is 5.94. The number of hydrogen-bond donors (Lipinski definition) is 2. The van der Waals surface area contributed by atoms with Gasteiger partial charge in [0.1, 0.15) is 5.82 Å². The zero-order valence-electron chi connectivity index (χ0n) is 13.7. The average molecular weight is 314 g/mol. The van der Waals surface area contributed by atoms with Crippen molar-refractivity contribution in [2.45, 2.75) is 32.1 Å². The van der Waals surface area contributed by atoms with E-state index < -0.39 is 0 Å². The van der Waals surface area contributed by atoms with E-state index in [1.807, 2.05) is 12.1 Å². The number of anilines is 1. The van der Waals surface area contributed by atoms with Gasteiger partial charge in [0.05, 0.1) is 5.56 Å². The largest absolute Gasteiger partial charge is 0.357 e. The molecule has 2 aliphatic heterocycles. The number of hydrogen-bond acceptors (Lipinski definition) is 4. The van der Waals surface area contributed by atoms with Crippen LogP contribution in [-0.4, -0.2) is 43.6 Å². The molecule has 1 aromatic heterocycles. The van der Waals surface area contributed by atoms with Crippen LogP contribution in [-0.2, 0) is 0 Å². The van der Waals surface area contributed by atoms with Crippen molar-refractivity contribution in [3.63, 3.8) is 0 Å². The smallest absolute Gasteiger partial charge is 0.253 e. The molecule has 3 rings (SSSR count). The Morgan fingerprint density at radius 2 is 2.04 bits per heavy atom. The standard InChI is InChI=1S/C18H26N4O/c23-18(21-13-15-7-9-19-10-8-15)16-5-6-17(20-14-16)22-11-3-1-2-4-12-22/h5-7,14,19H,1-4,8-13H2,(H,21,23). The van der Waals surface area contributed by atoms with E-state index in [2.05, 4.69) is 26.6 Å². The summed E-state index contributed by atoms with van der Waals surface area (Å²) >= 11 is 0. The molecule has 124 valence electrons. The van der Waals surface area contributed by atoms with Crippen LogP contribution in [0.4, 0.5) is 5.82 Å². The first-order chi connectivity index (χ1) is 11.3. The lowest BCUT2D eigenvalue weighted by atomic mass is 10.1. The summed E-state index contributed by atoms with van der Waals surface area (Å²) in [6.45, 7) is 4.67. The summed E-state index contributed by atoms with van der Waals surface area (Å²) in [5.41, 5.74) is 1.93. The van der Waals surface area contributed by atoms with Crippen LogP contribution >= 0.6 is 0 Å². The minimum atomic E-state index is -0.0423. The lowest BCUT2D eigenvalue weighted by Gasteiger charge is -2.21. The van der Waals surface area contributed by atoms with Crippen LogP contribution in [0.5, 0.6) is 0 Å². The van der Waals surface area contributed by atoms with Crippen LogP contribution in [0.2, 0.25) is 0 Å². The number of nitrogens with zero attached hydrogens (tertiary/aromatic N) is 2. The highest BCUT2D eigenvalue weighted by Gasteiger charge is 2.13. The Bertz CT molecular complexity index is 545. The van der Waals surface area contributed by atoms with Gasteiger partial charge in [-0.15, -0.1) is 0 Å². The Morgan fingerprint density at radius 1 is 1.22 bits per heavy atom. The molecule has 0 aliphatic carbocycles. The number of carbonyl (C=O) groups excluding carboxylic acids is 1. The van der Waals surface area contributed by atoms with E-state index in [0.717, 1.165) is 38.4 Å². The van der Waals surface area contributed by atoms with Crippen LogP contribution in [0.1, 0.15) is 42.5 Å². The minimum absolute atomic E-state index is 0.0423. The summed E-state index contributed by atoms with van der Waals surface area (Å²) in [5.74, 6) is 0.948. The zero-order valence-corrected chi connectivity index (χ0v) is 13.7. The third kappa shape index (κ3) is 4.55. The van der Waals surface area contributed by atoms with Gasteiger partial charge in [0, 0.05) is 32.4 Å². The van der Waals surface area contributed by atoms with Gasteiger partial charge in [-0.05, 0) is 37.9 Å². The summed E-state index contributed by atoms with van der Waals surface area (Å²) in [5, 5.41) is 6.26. The summed E-state index contributed by atoms with van der Waals surface area (Å²) in [4.78, 5) is 19.1. The Hall–Kier alpha value is -1.88. The van der Waals surface area contributed by atoms with Gasteiger partial charge in [0.15, 0.2) is 0 Å². The topological polar surface area (TPSA) is 57.3 Å². The molecule has 3 heterocycles. The van der Waals surface area contributed by atoms with E-state index in [1.165, 1.54) is 31.3 Å². The van der Waals surface area contributed by atoms with E-state index in [1.54, 1.807) is 6.20 Å². The molecule has 0 aromatic carbocycles. The molecule has 23 heavy (non-hydrogen) atoms. The fraction of sp³-hybridized carbons (Fsp3) is 0.556. The minimum Gasteiger partial charge on any atom is -0.357 e. The van der Waals surface area contributed by atoms with Gasteiger partial charge in [-0.1, -0.05) is 24.5 Å². The maximum Gasteiger partial charge on any atom is 0.253 e. The lowest BCUT2D eigenvalue weighted by molar-refractivity contribution is 0.0956. The van der Waals surface area contributed by atoms with Crippen molar-refractivity contribution in [3.05, 3.63) is 35.5 Å². The Morgan fingerprint density at radius 3 is 2.70 bits per heavy atom.